The highest BCUT2D eigenvalue weighted by atomic mass is 16.5. The molecule has 0 radical (unpaired) electrons. The van der Waals surface area contributed by atoms with Gasteiger partial charge in [-0.05, 0) is 18.2 Å². The summed E-state index contributed by atoms with van der Waals surface area (Å²) in [6.45, 7) is 8.99. The van der Waals surface area contributed by atoms with Crippen molar-refractivity contribution in [2.24, 2.45) is 0 Å². The van der Waals surface area contributed by atoms with Crippen molar-refractivity contribution in [3.63, 3.8) is 0 Å². The number of rotatable bonds is 7. The predicted octanol–water partition coefficient (Wildman–Crippen LogP) is 0.669. The Morgan fingerprint density at radius 2 is 2.04 bits per heavy atom. The normalized spacial score (nSPS) is 15.5. The Hall–Kier alpha value is -1.86. The summed E-state index contributed by atoms with van der Waals surface area (Å²) < 4.78 is 4.88. The molecule has 2 rings (SSSR count). The van der Waals surface area contributed by atoms with Gasteiger partial charge in [-0.2, -0.15) is 0 Å². The summed E-state index contributed by atoms with van der Waals surface area (Å²) in [6, 6.07) is 3.85. The van der Waals surface area contributed by atoms with Crippen LogP contribution in [-0.2, 0) is 11.3 Å². The number of pyridine rings is 1. The molecule has 7 nitrogen and oxygen atoms in total. The fourth-order valence-electron chi connectivity index (χ4n) is 2.51. The van der Waals surface area contributed by atoms with Gasteiger partial charge in [0.15, 0.2) is 0 Å². The van der Waals surface area contributed by atoms with Crippen LogP contribution in [0, 0.1) is 0 Å². The van der Waals surface area contributed by atoms with Crippen molar-refractivity contribution in [1.29, 1.82) is 0 Å². The molecule has 1 aliphatic heterocycles. The van der Waals surface area contributed by atoms with E-state index in [4.69, 9.17) is 4.74 Å². The van der Waals surface area contributed by atoms with Gasteiger partial charge in [-0.1, -0.05) is 13.0 Å². The second-order valence-electron chi connectivity index (χ2n) is 5.55. The molecule has 0 aromatic carbocycles. The fraction of sp³-hybridized carbons (Fsp3) is 0.625. The van der Waals surface area contributed by atoms with Gasteiger partial charge >= 0.3 is 6.03 Å². The molecule has 2 N–H and O–H groups in total. The highest BCUT2D eigenvalue weighted by Gasteiger charge is 2.16. The van der Waals surface area contributed by atoms with E-state index in [-0.39, 0.29) is 6.03 Å². The highest BCUT2D eigenvalue weighted by Crippen LogP contribution is 2.13. The number of hydrogen-bond donors (Lipinski definition) is 2. The number of urea groups is 1. The summed E-state index contributed by atoms with van der Waals surface area (Å²) in [6.07, 6.45) is 1.83. The number of carbonyl (C=O) groups is 1. The Balaban J connectivity index is 1.75. The molecule has 7 heteroatoms. The maximum absolute atomic E-state index is 11.6. The second kappa shape index (κ2) is 9.32. The third-order valence-electron chi connectivity index (χ3n) is 4.00. The number of ether oxygens (including phenoxy) is 1. The molecule has 128 valence electrons. The molecule has 0 unspecified atom stereocenters. The zero-order valence-electron chi connectivity index (χ0n) is 14.0. The van der Waals surface area contributed by atoms with Crippen LogP contribution < -0.4 is 15.5 Å². The monoisotopic (exact) mass is 321 g/mol. The highest BCUT2D eigenvalue weighted by molar-refractivity contribution is 5.73. The lowest BCUT2D eigenvalue weighted by Gasteiger charge is -2.34. The van der Waals surface area contributed by atoms with Gasteiger partial charge in [0.2, 0.25) is 0 Å². The summed E-state index contributed by atoms with van der Waals surface area (Å²) in [5.74, 6) is 1.01. The molecule has 1 aromatic rings. The minimum absolute atomic E-state index is 0.193. The van der Waals surface area contributed by atoms with Crippen molar-refractivity contribution in [3.8, 4) is 0 Å². The van der Waals surface area contributed by atoms with E-state index in [1.807, 2.05) is 18.3 Å². The third kappa shape index (κ3) is 5.69. The van der Waals surface area contributed by atoms with Crippen LogP contribution in [0.15, 0.2) is 18.3 Å². The average Bonchev–Trinajstić information content (AvgIpc) is 2.61. The van der Waals surface area contributed by atoms with E-state index in [2.05, 4.69) is 32.3 Å². The summed E-state index contributed by atoms with van der Waals surface area (Å²) in [5.41, 5.74) is 0.989. The van der Waals surface area contributed by atoms with Crippen LogP contribution in [0.5, 0.6) is 0 Å². The van der Waals surface area contributed by atoms with E-state index in [1.54, 1.807) is 7.11 Å². The number of hydrogen-bond acceptors (Lipinski definition) is 5. The summed E-state index contributed by atoms with van der Waals surface area (Å²) >= 11 is 0. The zero-order valence-corrected chi connectivity index (χ0v) is 14.0. The predicted molar refractivity (Wildman–Crippen MR) is 90.7 cm³/mol. The lowest BCUT2D eigenvalue weighted by atomic mass is 10.2. The molecular weight excluding hydrogens is 294 g/mol. The first-order chi connectivity index (χ1) is 11.2. The van der Waals surface area contributed by atoms with Crippen molar-refractivity contribution >= 4 is 11.8 Å². The number of methoxy groups -OCH3 is 1. The van der Waals surface area contributed by atoms with Gasteiger partial charge in [-0.15, -0.1) is 0 Å². The fourth-order valence-corrected chi connectivity index (χ4v) is 2.51. The van der Waals surface area contributed by atoms with Crippen molar-refractivity contribution in [1.82, 2.24) is 20.5 Å². The summed E-state index contributed by atoms with van der Waals surface area (Å²) in [4.78, 5) is 20.8. The van der Waals surface area contributed by atoms with Crippen molar-refractivity contribution in [2.75, 3.05) is 57.9 Å². The molecule has 1 saturated heterocycles. The lowest BCUT2D eigenvalue weighted by Crippen LogP contribution is -2.46. The standard InChI is InChI=1S/C16H27N5O2/c1-3-20-7-9-21(10-8-20)15-5-4-14(12-18-15)13-19-16(22)17-6-11-23-2/h4-5,12H,3,6-11,13H2,1-2H3,(H2,17,19,22). The van der Waals surface area contributed by atoms with E-state index in [1.165, 1.54) is 0 Å². The quantitative estimate of drug-likeness (QED) is 0.723. The average molecular weight is 321 g/mol. The van der Waals surface area contributed by atoms with Crippen molar-refractivity contribution in [3.05, 3.63) is 23.9 Å². The van der Waals surface area contributed by atoms with Gasteiger partial charge in [-0.3, -0.25) is 0 Å². The maximum Gasteiger partial charge on any atom is 0.315 e. The van der Waals surface area contributed by atoms with E-state index < -0.39 is 0 Å². The number of amides is 2. The van der Waals surface area contributed by atoms with Gasteiger partial charge < -0.3 is 25.2 Å². The SMILES string of the molecule is CCN1CCN(c2ccc(CNC(=O)NCCOC)cn2)CC1. The number of carbonyl (C=O) groups excluding carboxylic acids is 1. The van der Waals surface area contributed by atoms with Gasteiger partial charge in [0, 0.05) is 52.6 Å². The summed E-state index contributed by atoms with van der Waals surface area (Å²) in [7, 11) is 1.61. The van der Waals surface area contributed by atoms with E-state index >= 15 is 0 Å². The molecule has 0 bridgehead atoms. The van der Waals surface area contributed by atoms with Crippen LogP contribution in [0.2, 0.25) is 0 Å². The minimum atomic E-state index is -0.193. The largest absolute Gasteiger partial charge is 0.383 e. The Morgan fingerprint density at radius 3 is 2.65 bits per heavy atom. The number of aromatic nitrogens is 1. The Bertz CT molecular complexity index is 472. The lowest BCUT2D eigenvalue weighted by molar-refractivity contribution is 0.196. The molecule has 0 aliphatic carbocycles. The Labute approximate surface area is 138 Å². The molecule has 23 heavy (non-hydrogen) atoms. The second-order valence-corrected chi connectivity index (χ2v) is 5.55. The Morgan fingerprint density at radius 1 is 1.26 bits per heavy atom. The number of likely N-dealkylation sites (N-methyl/N-ethyl adjacent to an activating group) is 1. The van der Waals surface area contributed by atoms with Crippen LogP contribution in [0.25, 0.3) is 0 Å². The molecule has 2 heterocycles. The van der Waals surface area contributed by atoms with Crippen LogP contribution >= 0.6 is 0 Å². The molecule has 0 spiro atoms. The molecule has 1 aliphatic rings. The van der Waals surface area contributed by atoms with E-state index in [0.29, 0.717) is 19.7 Å². The van der Waals surface area contributed by atoms with Crippen LogP contribution in [-0.4, -0.2) is 68.9 Å². The maximum atomic E-state index is 11.6. The van der Waals surface area contributed by atoms with Crippen LogP contribution in [0.4, 0.5) is 10.6 Å². The number of nitrogens with one attached hydrogen (secondary N) is 2. The topological polar surface area (TPSA) is 69.7 Å². The first-order valence-electron chi connectivity index (χ1n) is 8.15. The zero-order chi connectivity index (χ0) is 16.5. The van der Waals surface area contributed by atoms with Crippen molar-refractivity contribution < 1.29 is 9.53 Å². The molecule has 0 saturated carbocycles. The summed E-state index contributed by atoms with van der Waals surface area (Å²) in [5, 5.41) is 5.52. The molecule has 2 amide bonds. The third-order valence-corrected chi connectivity index (χ3v) is 4.00. The molecular formula is C16H27N5O2. The van der Waals surface area contributed by atoms with Gasteiger partial charge in [-0.25, -0.2) is 9.78 Å². The molecule has 1 fully saturated rings. The number of anilines is 1. The number of nitrogens with zero attached hydrogens (tertiary/aromatic N) is 3. The van der Waals surface area contributed by atoms with Crippen LogP contribution in [0.3, 0.4) is 0 Å². The Kier molecular flexibility index (Phi) is 7.09. The van der Waals surface area contributed by atoms with E-state index in [0.717, 1.165) is 44.1 Å². The number of piperazine rings is 1. The minimum Gasteiger partial charge on any atom is -0.383 e. The smallest absolute Gasteiger partial charge is 0.315 e. The molecule has 1 aromatic heterocycles. The van der Waals surface area contributed by atoms with Gasteiger partial charge in [0.1, 0.15) is 5.82 Å². The van der Waals surface area contributed by atoms with Crippen LogP contribution in [0.1, 0.15) is 12.5 Å². The molecule has 0 atom stereocenters. The van der Waals surface area contributed by atoms with Gasteiger partial charge in [0.25, 0.3) is 0 Å². The van der Waals surface area contributed by atoms with E-state index in [9.17, 15) is 4.79 Å². The first-order valence-corrected chi connectivity index (χ1v) is 8.15. The van der Waals surface area contributed by atoms with Crippen molar-refractivity contribution in [2.45, 2.75) is 13.5 Å². The first kappa shape index (κ1) is 17.5. The van der Waals surface area contributed by atoms with Gasteiger partial charge in [0.05, 0.1) is 6.61 Å².